The molecule has 1 heterocycles. The van der Waals surface area contributed by atoms with Crippen LogP contribution < -0.4 is 10.3 Å². The topological polar surface area (TPSA) is 70.8 Å². The molecule has 0 atom stereocenters. The van der Waals surface area contributed by atoms with Gasteiger partial charge in [0.1, 0.15) is 11.2 Å². The number of benzene rings is 3. The summed E-state index contributed by atoms with van der Waals surface area (Å²) in [7, 11) is 3.82. The van der Waals surface area contributed by atoms with Gasteiger partial charge in [-0.3, -0.25) is 4.79 Å². The van der Waals surface area contributed by atoms with E-state index in [2.05, 4.69) is 19.9 Å². The Bertz CT molecular complexity index is 1270. The van der Waals surface area contributed by atoms with Gasteiger partial charge in [0.25, 0.3) is 0 Å². The van der Waals surface area contributed by atoms with E-state index in [-0.39, 0.29) is 5.43 Å². The third-order valence-electron chi connectivity index (χ3n) is 5.23. The quantitative estimate of drug-likeness (QED) is 0.443. The SMILES string of the molecule is CCc1cc(CC)c2oc3ccccc3c(=O)c2c1.CN(C)c1ccc(C(=O)O)cc1. The van der Waals surface area contributed by atoms with Crippen LogP contribution in [-0.4, -0.2) is 25.2 Å². The molecule has 5 nitrogen and oxygen atoms in total. The lowest BCUT2D eigenvalue weighted by molar-refractivity contribution is 0.0697. The highest BCUT2D eigenvalue weighted by atomic mass is 16.4. The molecule has 0 unspecified atom stereocenters. The fourth-order valence-corrected chi connectivity index (χ4v) is 3.41. The number of nitrogens with zero attached hydrogens (tertiary/aromatic N) is 1. The molecule has 1 aromatic heterocycles. The number of fused-ring (bicyclic) bond motifs is 2. The van der Waals surface area contributed by atoms with Crippen LogP contribution >= 0.6 is 0 Å². The third kappa shape index (κ3) is 4.77. The van der Waals surface area contributed by atoms with Gasteiger partial charge in [-0.25, -0.2) is 4.79 Å². The van der Waals surface area contributed by atoms with E-state index in [1.807, 2.05) is 49.3 Å². The van der Waals surface area contributed by atoms with Crippen molar-refractivity contribution in [2.45, 2.75) is 26.7 Å². The lowest BCUT2D eigenvalue weighted by Crippen LogP contribution is -2.08. The van der Waals surface area contributed by atoms with Crippen molar-refractivity contribution in [3.63, 3.8) is 0 Å². The zero-order valence-corrected chi connectivity index (χ0v) is 18.3. The number of carbonyl (C=O) groups is 1. The van der Waals surface area contributed by atoms with Crippen molar-refractivity contribution in [2.24, 2.45) is 0 Å². The molecule has 0 aliphatic heterocycles. The van der Waals surface area contributed by atoms with Gasteiger partial charge in [0.2, 0.25) is 5.43 Å². The minimum atomic E-state index is -0.889. The number of para-hydroxylation sites is 1. The molecule has 160 valence electrons. The molecule has 0 aliphatic rings. The van der Waals surface area contributed by atoms with E-state index in [1.165, 1.54) is 5.56 Å². The molecule has 0 amide bonds. The Morgan fingerprint density at radius 1 is 0.935 bits per heavy atom. The van der Waals surface area contributed by atoms with Crippen LogP contribution in [0.2, 0.25) is 0 Å². The third-order valence-corrected chi connectivity index (χ3v) is 5.23. The Hall–Kier alpha value is -3.60. The Morgan fingerprint density at radius 3 is 2.19 bits per heavy atom. The summed E-state index contributed by atoms with van der Waals surface area (Å²) in [6, 6.07) is 18.3. The van der Waals surface area contributed by atoms with Crippen molar-refractivity contribution in [3.8, 4) is 0 Å². The standard InChI is InChI=1S/C17H16O2.C9H11NO2/c1-3-11-9-12(4-2)17-14(10-11)16(18)13-7-5-6-8-15(13)19-17;1-10(2)8-5-3-7(4-6-8)9(11)12/h5-10H,3-4H2,1-2H3;3-6H,1-2H3,(H,11,12). The fourth-order valence-electron chi connectivity index (χ4n) is 3.41. The van der Waals surface area contributed by atoms with Crippen LogP contribution in [0.1, 0.15) is 35.3 Å². The zero-order chi connectivity index (χ0) is 22.5. The highest BCUT2D eigenvalue weighted by Crippen LogP contribution is 2.24. The molecule has 3 aromatic carbocycles. The van der Waals surface area contributed by atoms with Crippen LogP contribution in [-0.2, 0) is 12.8 Å². The maximum Gasteiger partial charge on any atom is 0.335 e. The number of carboxylic acids is 1. The monoisotopic (exact) mass is 417 g/mol. The number of aromatic carboxylic acids is 1. The van der Waals surface area contributed by atoms with Crippen molar-refractivity contribution >= 4 is 33.6 Å². The van der Waals surface area contributed by atoms with E-state index < -0.39 is 5.97 Å². The molecular formula is C26H27NO4. The first-order chi connectivity index (χ1) is 14.8. The van der Waals surface area contributed by atoms with Gasteiger partial charge in [0.05, 0.1) is 16.3 Å². The minimum Gasteiger partial charge on any atom is -0.478 e. The van der Waals surface area contributed by atoms with Gasteiger partial charge >= 0.3 is 5.97 Å². The van der Waals surface area contributed by atoms with Crippen LogP contribution in [0, 0.1) is 0 Å². The molecular weight excluding hydrogens is 390 g/mol. The van der Waals surface area contributed by atoms with Gasteiger partial charge < -0.3 is 14.4 Å². The second-order valence-corrected chi connectivity index (χ2v) is 7.51. The predicted molar refractivity (Wildman–Crippen MR) is 126 cm³/mol. The molecule has 5 heteroatoms. The molecule has 0 saturated carbocycles. The molecule has 0 bridgehead atoms. The second-order valence-electron chi connectivity index (χ2n) is 7.51. The van der Waals surface area contributed by atoms with Crippen LogP contribution in [0.5, 0.6) is 0 Å². The highest BCUT2D eigenvalue weighted by molar-refractivity contribution is 5.91. The minimum absolute atomic E-state index is 0.0712. The average Bonchev–Trinajstić information content (AvgIpc) is 2.79. The van der Waals surface area contributed by atoms with Gasteiger partial charge in [-0.1, -0.05) is 32.0 Å². The first kappa shape index (κ1) is 22.1. The van der Waals surface area contributed by atoms with Crippen molar-refractivity contribution in [1.29, 1.82) is 0 Å². The van der Waals surface area contributed by atoms with E-state index in [4.69, 9.17) is 9.52 Å². The average molecular weight is 418 g/mol. The van der Waals surface area contributed by atoms with Crippen molar-refractivity contribution in [3.05, 3.63) is 87.6 Å². The first-order valence-electron chi connectivity index (χ1n) is 10.3. The second kappa shape index (κ2) is 9.47. The van der Waals surface area contributed by atoms with E-state index in [0.29, 0.717) is 21.9 Å². The highest BCUT2D eigenvalue weighted by Gasteiger charge is 2.11. The van der Waals surface area contributed by atoms with Gasteiger partial charge in [-0.05, 0) is 66.4 Å². The molecule has 4 rings (SSSR count). The molecule has 4 aromatic rings. The summed E-state index contributed by atoms with van der Waals surface area (Å²) < 4.78 is 5.95. The number of hydrogen-bond donors (Lipinski definition) is 1. The van der Waals surface area contributed by atoms with Crippen molar-refractivity contribution in [1.82, 2.24) is 0 Å². The predicted octanol–water partition coefficient (Wildman–Crippen LogP) is 5.52. The molecule has 0 radical (unpaired) electrons. The molecule has 0 saturated heterocycles. The van der Waals surface area contributed by atoms with Gasteiger partial charge in [0, 0.05) is 19.8 Å². The maximum atomic E-state index is 12.6. The zero-order valence-electron chi connectivity index (χ0n) is 18.3. The molecule has 0 aliphatic carbocycles. The maximum absolute atomic E-state index is 12.6. The van der Waals surface area contributed by atoms with E-state index in [1.54, 1.807) is 24.3 Å². The molecule has 31 heavy (non-hydrogen) atoms. The number of aryl methyl sites for hydroxylation is 2. The van der Waals surface area contributed by atoms with Crippen molar-refractivity contribution in [2.75, 3.05) is 19.0 Å². The van der Waals surface area contributed by atoms with Crippen LogP contribution in [0.15, 0.2) is 69.9 Å². The largest absolute Gasteiger partial charge is 0.478 e. The molecule has 0 fully saturated rings. The Balaban J connectivity index is 0.000000196. The lowest BCUT2D eigenvalue weighted by Gasteiger charge is -2.11. The lowest BCUT2D eigenvalue weighted by atomic mass is 10.0. The van der Waals surface area contributed by atoms with Crippen LogP contribution in [0.25, 0.3) is 21.9 Å². The van der Waals surface area contributed by atoms with E-state index in [0.717, 1.165) is 29.7 Å². The Labute approximate surface area is 181 Å². The van der Waals surface area contributed by atoms with E-state index >= 15 is 0 Å². The van der Waals surface area contributed by atoms with Crippen LogP contribution in [0.3, 0.4) is 0 Å². The van der Waals surface area contributed by atoms with Crippen LogP contribution in [0.4, 0.5) is 5.69 Å². The summed E-state index contributed by atoms with van der Waals surface area (Å²) >= 11 is 0. The number of carboxylic acid groups (broad SMARTS) is 1. The summed E-state index contributed by atoms with van der Waals surface area (Å²) in [5.41, 5.74) is 5.09. The first-order valence-corrected chi connectivity index (χ1v) is 10.3. The summed E-state index contributed by atoms with van der Waals surface area (Å²) in [4.78, 5) is 25.0. The van der Waals surface area contributed by atoms with Gasteiger partial charge in [0.15, 0.2) is 0 Å². The summed E-state index contributed by atoms with van der Waals surface area (Å²) in [5.74, 6) is -0.889. The summed E-state index contributed by atoms with van der Waals surface area (Å²) in [5, 5.41) is 9.96. The molecule has 0 spiro atoms. The summed E-state index contributed by atoms with van der Waals surface area (Å²) in [6.07, 6.45) is 1.79. The number of rotatable bonds is 4. The number of hydrogen-bond acceptors (Lipinski definition) is 4. The van der Waals surface area contributed by atoms with Gasteiger partial charge in [-0.2, -0.15) is 0 Å². The summed E-state index contributed by atoms with van der Waals surface area (Å²) in [6.45, 7) is 4.19. The smallest absolute Gasteiger partial charge is 0.335 e. The van der Waals surface area contributed by atoms with Gasteiger partial charge in [-0.15, -0.1) is 0 Å². The normalized spacial score (nSPS) is 10.6. The Kier molecular flexibility index (Phi) is 6.75. The Morgan fingerprint density at radius 2 is 1.61 bits per heavy atom. The molecule has 1 N–H and O–H groups in total. The van der Waals surface area contributed by atoms with Crippen molar-refractivity contribution < 1.29 is 14.3 Å². The number of anilines is 1. The fraction of sp³-hybridized carbons (Fsp3) is 0.231. The van der Waals surface area contributed by atoms with E-state index in [9.17, 15) is 9.59 Å².